The van der Waals surface area contributed by atoms with Crippen LogP contribution < -0.4 is 10.2 Å². The third-order valence-electron chi connectivity index (χ3n) is 6.33. The van der Waals surface area contributed by atoms with Crippen LogP contribution in [0.5, 0.6) is 0 Å². The second-order valence-corrected chi connectivity index (χ2v) is 9.27. The van der Waals surface area contributed by atoms with Crippen LogP contribution in [0.3, 0.4) is 0 Å². The van der Waals surface area contributed by atoms with Crippen molar-refractivity contribution in [2.75, 3.05) is 25.0 Å². The third kappa shape index (κ3) is 3.13. The van der Waals surface area contributed by atoms with E-state index in [1.54, 1.807) is 30.6 Å². The van der Waals surface area contributed by atoms with Gasteiger partial charge in [-0.2, -0.15) is 5.26 Å². The maximum atomic E-state index is 13.3. The number of pyridine rings is 1. The Morgan fingerprint density at radius 2 is 2.12 bits per heavy atom. The largest absolute Gasteiger partial charge is 0.353 e. The lowest BCUT2D eigenvalue weighted by molar-refractivity contribution is -0.133. The molecular weight excluding hydrogens is 420 g/mol. The second-order valence-electron chi connectivity index (χ2n) is 8.36. The maximum Gasteiger partial charge on any atom is 0.236 e. The predicted molar refractivity (Wildman–Crippen MR) is 124 cm³/mol. The Morgan fingerprint density at radius 3 is 2.91 bits per heavy atom. The molecule has 0 saturated carbocycles. The van der Waals surface area contributed by atoms with Crippen molar-refractivity contribution in [3.63, 3.8) is 0 Å². The van der Waals surface area contributed by atoms with Crippen LogP contribution in [-0.4, -0.2) is 41.9 Å². The molecule has 32 heavy (non-hydrogen) atoms. The van der Waals surface area contributed by atoms with E-state index in [4.69, 9.17) is 5.41 Å². The number of carbonyl (C=O) groups excluding carboxylic acids is 1. The molecule has 1 unspecified atom stereocenters. The van der Waals surface area contributed by atoms with Crippen molar-refractivity contribution in [1.29, 1.82) is 10.7 Å². The summed E-state index contributed by atoms with van der Waals surface area (Å²) in [5.74, 6) is 0.527. The van der Waals surface area contributed by atoms with Gasteiger partial charge in [-0.3, -0.25) is 15.1 Å². The Labute approximate surface area is 190 Å². The van der Waals surface area contributed by atoms with Crippen LogP contribution in [-0.2, 0) is 10.3 Å². The number of rotatable bonds is 3. The number of hydrogen-bond donors (Lipinski definition) is 2. The van der Waals surface area contributed by atoms with Crippen molar-refractivity contribution in [3.8, 4) is 17.2 Å². The first kappa shape index (κ1) is 20.2. The molecule has 4 heterocycles. The molecule has 8 heteroatoms. The minimum Gasteiger partial charge on any atom is -0.353 e. The van der Waals surface area contributed by atoms with Gasteiger partial charge in [0.2, 0.25) is 5.91 Å². The Hall–Kier alpha value is -3.70. The zero-order chi connectivity index (χ0) is 22.5. The lowest BCUT2D eigenvalue weighted by Crippen LogP contribution is -2.64. The fraction of sp³-hybridized carbons (Fsp3) is 0.250. The Balaban J connectivity index is 1.58. The van der Waals surface area contributed by atoms with Crippen LogP contribution in [0.4, 0.5) is 5.82 Å². The predicted octanol–water partition coefficient (Wildman–Crippen LogP) is 3.32. The number of nitriles is 1. The molecule has 2 aromatic heterocycles. The minimum absolute atomic E-state index is 0.0645. The summed E-state index contributed by atoms with van der Waals surface area (Å²) in [5, 5.41) is 23.1. The molecule has 2 fully saturated rings. The van der Waals surface area contributed by atoms with Gasteiger partial charge < -0.3 is 10.2 Å². The fourth-order valence-electron chi connectivity index (χ4n) is 4.58. The molecule has 0 bridgehead atoms. The van der Waals surface area contributed by atoms with E-state index in [0.29, 0.717) is 18.7 Å². The number of fused-ring (bicyclic) bond motifs is 1. The van der Waals surface area contributed by atoms with E-state index < -0.39 is 5.54 Å². The van der Waals surface area contributed by atoms with E-state index in [-0.39, 0.29) is 17.8 Å². The Morgan fingerprint density at radius 1 is 1.28 bits per heavy atom. The number of thiophene rings is 1. The van der Waals surface area contributed by atoms with E-state index in [1.165, 1.54) is 4.90 Å². The van der Waals surface area contributed by atoms with Gasteiger partial charge in [0.25, 0.3) is 0 Å². The summed E-state index contributed by atoms with van der Waals surface area (Å²) >= 11 is 1.58. The second kappa shape index (κ2) is 7.46. The number of hydrogen-bond acceptors (Lipinski definition) is 6. The number of anilines is 1. The molecule has 5 rings (SSSR count). The lowest BCUT2D eigenvalue weighted by atomic mass is 9.82. The number of amides is 1. The Kier molecular flexibility index (Phi) is 4.72. The zero-order valence-electron chi connectivity index (χ0n) is 17.8. The summed E-state index contributed by atoms with van der Waals surface area (Å²) < 4.78 is 0. The van der Waals surface area contributed by atoms with Crippen LogP contribution in [0, 0.1) is 29.6 Å². The van der Waals surface area contributed by atoms with Crippen LogP contribution in [0.25, 0.3) is 11.1 Å². The highest BCUT2D eigenvalue weighted by atomic mass is 32.1. The quantitative estimate of drug-likeness (QED) is 0.649. The number of aromatic nitrogens is 1. The molecule has 160 valence electrons. The molecular formula is C24H22N6OS. The molecule has 2 N–H and O–H groups in total. The summed E-state index contributed by atoms with van der Waals surface area (Å²) in [5.41, 5.74) is 2.98. The first-order chi connectivity index (χ1) is 15.4. The van der Waals surface area contributed by atoms with Gasteiger partial charge in [0, 0.05) is 31.2 Å². The first-order valence-corrected chi connectivity index (χ1v) is 11.2. The van der Waals surface area contributed by atoms with Crippen molar-refractivity contribution in [2.45, 2.75) is 12.5 Å². The van der Waals surface area contributed by atoms with E-state index in [1.807, 2.05) is 37.3 Å². The lowest BCUT2D eigenvalue weighted by Gasteiger charge is -2.42. The maximum absolute atomic E-state index is 13.3. The highest BCUT2D eigenvalue weighted by Gasteiger charge is 2.57. The molecule has 2 atom stereocenters. The van der Waals surface area contributed by atoms with Gasteiger partial charge in [0.05, 0.1) is 17.6 Å². The van der Waals surface area contributed by atoms with E-state index in [9.17, 15) is 10.1 Å². The van der Waals surface area contributed by atoms with Crippen molar-refractivity contribution in [1.82, 2.24) is 15.2 Å². The molecule has 2 saturated heterocycles. The van der Waals surface area contributed by atoms with Crippen LogP contribution >= 0.6 is 11.3 Å². The van der Waals surface area contributed by atoms with E-state index in [0.717, 1.165) is 27.4 Å². The standard InChI is InChI=1S/C24H22N6OS/c1-15-6-7-27-21(8-15)30-12-19-22(31)29(2)23(26)28-24(19,14-30)20-10-18(13-32-20)17-5-3-4-16(9-17)11-25/h3-10,13,19H,12,14H2,1-2H3,(H2,26,28)/t19?,24-/m0/s1. The Bertz CT molecular complexity index is 1280. The number of guanidine groups is 1. The third-order valence-corrected chi connectivity index (χ3v) is 7.44. The molecule has 2 aliphatic rings. The van der Waals surface area contributed by atoms with Gasteiger partial charge in [-0.1, -0.05) is 12.1 Å². The smallest absolute Gasteiger partial charge is 0.236 e. The van der Waals surface area contributed by atoms with Gasteiger partial charge >= 0.3 is 0 Å². The molecule has 1 amide bonds. The van der Waals surface area contributed by atoms with Gasteiger partial charge in [-0.25, -0.2) is 4.98 Å². The first-order valence-electron chi connectivity index (χ1n) is 10.3. The molecule has 2 aliphatic heterocycles. The molecule has 7 nitrogen and oxygen atoms in total. The van der Waals surface area contributed by atoms with Crippen LogP contribution in [0.1, 0.15) is 16.0 Å². The molecule has 1 aromatic carbocycles. The average molecular weight is 443 g/mol. The number of carbonyl (C=O) groups is 1. The van der Waals surface area contributed by atoms with E-state index in [2.05, 4.69) is 32.7 Å². The SMILES string of the molecule is Cc1ccnc(N2CC3C(=O)N(C)C(=N)N[C@@]3(c3cc(-c4cccc(C#N)c4)cs3)C2)c1. The van der Waals surface area contributed by atoms with Crippen molar-refractivity contribution < 1.29 is 4.79 Å². The van der Waals surface area contributed by atoms with Gasteiger partial charge in [0.15, 0.2) is 5.96 Å². The van der Waals surface area contributed by atoms with Crippen molar-refractivity contribution >= 4 is 29.0 Å². The molecule has 0 spiro atoms. The van der Waals surface area contributed by atoms with E-state index >= 15 is 0 Å². The van der Waals surface area contributed by atoms with Gasteiger partial charge in [-0.15, -0.1) is 11.3 Å². The van der Waals surface area contributed by atoms with Gasteiger partial charge in [0.1, 0.15) is 11.4 Å². The number of aryl methyl sites for hydroxylation is 1. The zero-order valence-corrected chi connectivity index (χ0v) is 18.6. The van der Waals surface area contributed by atoms with Crippen molar-refractivity contribution in [3.05, 3.63) is 70.0 Å². The summed E-state index contributed by atoms with van der Waals surface area (Å²) in [7, 11) is 1.64. The summed E-state index contributed by atoms with van der Waals surface area (Å²) in [6, 6.07) is 15.8. The number of nitrogens with zero attached hydrogens (tertiary/aromatic N) is 4. The molecule has 0 radical (unpaired) electrons. The molecule has 3 aromatic rings. The highest BCUT2D eigenvalue weighted by molar-refractivity contribution is 7.10. The summed E-state index contributed by atoms with van der Waals surface area (Å²) in [6.07, 6.45) is 1.79. The highest BCUT2D eigenvalue weighted by Crippen LogP contribution is 2.45. The van der Waals surface area contributed by atoms with Crippen LogP contribution in [0.15, 0.2) is 54.0 Å². The number of nitrogens with one attached hydrogen (secondary N) is 2. The summed E-state index contributed by atoms with van der Waals surface area (Å²) in [4.78, 5) is 22.3. The topological polar surface area (TPSA) is 96.1 Å². The summed E-state index contributed by atoms with van der Waals surface area (Å²) in [6.45, 7) is 3.09. The minimum atomic E-state index is -0.706. The van der Waals surface area contributed by atoms with Crippen molar-refractivity contribution in [2.24, 2.45) is 5.92 Å². The van der Waals surface area contributed by atoms with Crippen LogP contribution in [0.2, 0.25) is 0 Å². The fourth-order valence-corrected chi connectivity index (χ4v) is 5.70. The monoisotopic (exact) mass is 442 g/mol. The van der Waals surface area contributed by atoms with Gasteiger partial charge in [-0.05, 0) is 59.3 Å². The average Bonchev–Trinajstić information content (AvgIpc) is 3.44. The normalized spacial score (nSPS) is 22.5. The molecule has 0 aliphatic carbocycles. The number of benzene rings is 1.